The molecule has 0 aromatic heterocycles. The smallest absolute Gasteiger partial charge is 0.285 e. The van der Waals surface area contributed by atoms with Crippen LogP contribution < -0.4 is 9.47 Å². The average molecular weight is 397 g/mol. The van der Waals surface area contributed by atoms with Crippen molar-refractivity contribution in [2.75, 3.05) is 35.0 Å². The van der Waals surface area contributed by atoms with Gasteiger partial charge in [-0.25, -0.2) is 0 Å². The first-order chi connectivity index (χ1) is 13.7. The number of ether oxygens (including phenoxy) is 5. The van der Waals surface area contributed by atoms with Crippen molar-refractivity contribution in [1.82, 2.24) is 0 Å². The Morgan fingerprint density at radius 2 is 1.25 bits per heavy atom. The molecule has 0 N–H and O–H groups in total. The first-order valence-electron chi connectivity index (χ1n) is 10.6. The molecule has 0 spiro atoms. The van der Waals surface area contributed by atoms with E-state index in [9.17, 15) is 0 Å². The van der Waals surface area contributed by atoms with Gasteiger partial charge < -0.3 is 23.7 Å². The molecule has 1 aromatic rings. The molecular formula is C23H40O5. The van der Waals surface area contributed by atoms with Crippen molar-refractivity contribution in [3.63, 3.8) is 0 Å². The van der Waals surface area contributed by atoms with Crippen LogP contribution in [0, 0.1) is 5.92 Å². The molecule has 1 rings (SSSR count). The number of methoxy groups -OCH3 is 4. The average Bonchev–Trinajstić information content (AvgIpc) is 2.74. The number of benzene rings is 1. The van der Waals surface area contributed by atoms with Gasteiger partial charge in [0, 0.05) is 27.2 Å². The molecule has 0 aliphatic rings. The highest BCUT2D eigenvalue weighted by molar-refractivity contribution is 5.31. The molecule has 5 heteroatoms. The molecule has 5 nitrogen and oxygen atoms in total. The minimum absolute atomic E-state index is 0.165. The molecule has 0 aliphatic heterocycles. The summed E-state index contributed by atoms with van der Waals surface area (Å²) in [5, 5.41) is 0. The molecule has 0 fully saturated rings. The summed E-state index contributed by atoms with van der Waals surface area (Å²) in [6.45, 7) is 2.89. The van der Waals surface area contributed by atoms with Crippen molar-refractivity contribution in [2.24, 2.45) is 5.92 Å². The second-order valence-corrected chi connectivity index (χ2v) is 7.14. The van der Waals surface area contributed by atoms with Crippen molar-refractivity contribution >= 4 is 0 Å². The number of hydrogen-bond donors (Lipinski definition) is 0. The molecule has 0 aliphatic carbocycles. The van der Waals surface area contributed by atoms with Crippen molar-refractivity contribution < 1.29 is 23.7 Å². The summed E-state index contributed by atoms with van der Waals surface area (Å²) in [6.07, 6.45) is 10.5. The minimum Gasteiger partial charge on any atom is -0.497 e. The van der Waals surface area contributed by atoms with E-state index in [0.29, 0.717) is 6.61 Å². The van der Waals surface area contributed by atoms with Gasteiger partial charge in [0.05, 0.1) is 13.7 Å². The Labute approximate surface area is 171 Å². The van der Waals surface area contributed by atoms with Gasteiger partial charge in [-0.15, -0.1) is 0 Å². The zero-order valence-electron chi connectivity index (χ0n) is 18.5. The Morgan fingerprint density at radius 3 is 1.82 bits per heavy atom. The third-order valence-electron chi connectivity index (χ3n) is 5.28. The normalized spacial score (nSPS) is 12.8. The van der Waals surface area contributed by atoms with E-state index in [1.807, 2.05) is 24.3 Å². The van der Waals surface area contributed by atoms with Gasteiger partial charge in [0.2, 0.25) is 0 Å². The maximum Gasteiger partial charge on any atom is 0.285 e. The molecule has 1 aromatic carbocycles. The zero-order valence-corrected chi connectivity index (χ0v) is 18.5. The largest absolute Gasteiger partial charge is 0.497 e. The molecule has 28 heavy (non-hydrogen) atoms. The molecule has 1 unspecified atom stereocenters. The Hall–Kier alpha value is -1.30. The second kappa shape index (κ2) is 14.7. The van der Waals surface area contributed by atoms with Gasteiger partial charge in [-0.3, -0.25) is 0 Å². The number of unbranched alkanes of at least 4 members (excludes halogenated alkanes) is 5. The predicted molar refractivity (Wildman–Crippen MR) is 113 cm³/mol. The fourth-order valence-electron chi connectivity index (χ4n) is 3.61. The van der Waals surface area contributed by atoms with E-state index >= 15 is 0 Å². The van der Waals surface area contributed by atoms with Crippen LogP contribution in [-0.2, 0) is 14.2 Å². The molecule has 0 heterocycles. The maximum atomic E-state index is 5.86. The van der Waals surface area contributed by atoms with Crippen LogP contribution in [0.2, 0.25) is 0 Å². The van der Waals surface area contributed by atoms with Crippen LogP contribution in [-0.4, -0.2) is 41.0 Å². The van der Waals surface area contributed by atoms with Crippen LogP contribution >= 0.6 is 0 Å². The molecule has 1 atom stereocenters. The molecule has 0 bridgehead atoms. The highest BCUT2D eigenvalue weighted by atomic mass is 16.9. The lowest BCUT2D eigenvalue weighted by Gasteiger charge is -2.36. The summed E-state index contributed by atoms with van der Waals surface area (Å²) in [5.74, 6) is 0.864. The summed E-state index contributed by atoms with van der Waals surface area (Å²) < 4.78 is 27.9. The van der Waals surface area contributed by atoms with E-state index in [2.05, 4.69) is 6.92 Å². The van der Waals surface area contributed by atoms with E-state index in [1.54, 1.807) is 28.4 Å². The summed E-state index contributed by atoms with van der Waals surface area (Å²) in [6, 6.07) is 7.66. The number of hydrogen-bond acceptors (Lipinski definition) is 5. The van der Waals surface area contributed by atoms with Crippen molar-refractivity contribution in [1.29, 1.82) is 0 Å². The van der Waals surface area contributed by atoms with Gasteiger partial charge in [-0.1, -0.05) is 45.4 Å². The van der Waals surface area contributed by atoms with Crippen LogP contribution in [0.5, 0.6) is 11.5 Å². The zero-order chi connectivity index (χ0) is 20.7. The summed E-state index contributed by atoms with van der Waals surface area (Å²) in [7, 11) is 6.60. The molecule has 0 amide bonds. The Kier molecular flexibility index (Phi) is 13.0. The predicted octanol–water partition coefficient (Wildman–Crippen LogP) is 5.81. The van der Waals surface area contributed by atoms with Crippen LogP contribution in [0.1, 0.15) is 64.7 Å². The third-order valence-corrected chi connectivity index (χ3v) is 5.28. The summed E-state index contributed by atoms with van der Waals surface area (Å²) >= 11 is 0. The lowest BCUT2D eigenvalue weighted by molar-refractivity contribution is -0.380. The Morgan fingerprint density at radius 1 is 0.714 bits per heavy atom. The SMILES string of the molecule is CCCCCCCCC(CCCOc1ccc(OC)cc1)C(OC)(OC)OC. The van der Waals surface area contributed by atoms with E-state index in [-0.39, 0.29) is 5.92 Å². The molecular weight excluding hydrogens is 356 g/mol. The quantitative estimate of drug-likeness (QED) is 0.245. The van der Waals surface area contributed by atoms with Crippen molar-refractivity contribution in [2.45, 2.75) is 70.7 Å². The van der Waals surface area contributed by atoms with Gasteiger partial charge in [-0.2, -0.15) is 0 Å². The highest BCUT2D eigenvalue weighted by Gasteiger charge is 2.39. The summed E-state index contributed by atoms with van der Waals surface area (Å²) in [5.41, 5.74) is 0. The fraction of sp³-hybridized carbons (Fsp3) is 0.739. The number of rotatable bonds is 17. The Bertz CT molecular complexity index is 476. The van der Waals surface area contributed by atoms with E-state index in [1.165, 1.54) is 32.1 Å². The first kappa shape index (κ1) is 24.7. The lowest BCUT2D eigenvalue weighted by Crippen LogP contribution is -2.44. The van der Waals surface area contributed by atoms with Crippen LogP contribution in [0.3, 0.4) is 0 Å². The van der Waals surface area contributed by atoms with Crippen molar-refractivity contribution in [3.05, 3.63) is 24.3 Å². The molecule has 0 saturated carbocycles. The molecule has 0 saturated heterocycles. The Balaban J connectivity index is 2.48. The fourth-order valence-corrected chi connectivity index (χ4v) is 3.61. The highest BCUT2D eigenvalue weighted by Crippen LogP contribution is 2.32. The van der Waals surface area contributed by atoms with Crippen LogP contribution in [0.4, 0.5) is 0 Å². The topological polar surface area (TPSA) is 46.2 Å². The lowest BCUT2D eigenvalue weighted by atomic mass is 9.93. The van der Waals surface area contributed by atoms with Gasteiger partial charge in [-0.05, 0) is 43.5 Å². The van der Waals surface area contributed by atoms with Gasteiger partial charge >= 0.3 is 0 Å². The summed E-state index contributed by atoms with van der Waals surface area (Å²) in [4.78, 5) is 0. The first-order valence-corrected chi connectivity index (χ1v) is 10.6. The maximum absolute atomic E-state index is 5.86. The third kappa shape index (κ3) is 8.38. The standard InChI is InChI=1S/C23H40O5/c1-6-7-8-9-10-11-13-20(23(25-3,26-4)27-5)14-12-19-28-22-17-15-21(24-2)16-18-22/h15-18,20H,6-14,19H2,1-5H3. The van der Waals surface area contributed by atoms with Gasteiger partial charge in [0.25, 0.3) is 5.97 Å². The monoisotopic (exact) mass is 396 g/mol. The van der Waals surface area contributed by atoms with Gasteiger partial charge in [0.1, 0.15) is 11.5 Å². The molecule has 0 radical (unpaired) electrons. The van der Waals surface area contributed by atoms with Crippen LogP contribution in [0.15, 0.2) is 24.3 Å². The molecule has 162 valence electrons. The second-order valence-electron chi connectivity index (χ2n) is 7.14. The van der Waals surface area contributed by atoms with Crippen LogP contribution in [0.25, 0.3) is 0 Å². The minimum atomic E-state index is -0.983. The van der Waals surface area contributed by atoms with E-state index in [0.717, 1.165) is 37.2 Å². The van der Waals surface area contributed by atoms with E-state index < -0.39 is 5.97 Å². The van der Waals surface area contributed by atoms with Crippen molar-refractivity contribution in [3.8, 4) is 11.5 Å². The van der Waals surface area contributed by atoms with E-state index in [4.69, 9.17) is 23.7 Å². The van der Waals surface area contributed by atoms with Gasteiger partial charge in [0.15, 0.2) is 0 Å².